The maximum absolute atomic E-state index is 8.73. The molecule has 0 saturated carbocycles. The molecule has 0 unspecified atom stereocenters. The minimum Gasteiger partial charge on any atom is -0.309 e. The summed E-state index contributed by atoms with van der Waals surface area (Å²) in [5.74, 6) is 1.71. The lowest BCUT2D eigenvalue weighted by atomic mass is 9.94. The smallest absolute Gasteiger partial charge is 0.194 e. The molecule has 0 spiro atoms. The van der Waals surface area contributed by atoms with E-state index in [4.69, 9.17) is 21.5 Å². The second-order valence-corrected chi connectivity index (χ2v) is 23.0. The van der Waals surface area contributed by atoms with Crippen LogP contribution in [0.1, 0.15) is 0 Å². The van der Waals surface area contributed by atoms with Crippen molar-refractivity contribution in [3.05, 3.63) is 315 Å². The highest BCUT2D eigenvalue weighted by atomic mass is 15.0. The Bertz CT molecular complexity index is 5910. The van der Waals surface area contributed by atoms with E-state index in [1.807, 2.05) is 78.9 Å². The minimum absolute atomic E-state index is 0.548. The lowest BCUT2D eigenvalue weighted by Crippen LogP contribution is -2.03. The van der Waals surface area contributed by atoms with E-state index in [1.54, 1.807) is 0 Å². The first kappa shape index (κ1) is 50.8. The van der Waals surface area contributed by atoms with E-state index in [1.165, 1.54) is 21.5 Å². The van der Waals surface area contributed by atoms with Crippen molar-refractivity contribution in [3.63, 3.8) is 0 Å². The van der Waals surface area contributed by atoms with E-state index < -0.39 is 0 Å². The molecule has 8 nitrogen and oxygen atoms in total. The zero-order chi connectivity index (χ0) is 59.4. The Kier molecular flexibility index (Phi) is 11.5. The summed E-state index contributed by atoms with van der Waals surface area (Å²) in [4.78, 5) is 19.9. The van der Waals surface area contributed by atoms with Gasteiger partial charge >= 0.3 is 0 Å². The Labute approximate surface area is 517 Å². The van der Waals surface area contributed by atoms with E-state index in [9.17, 15) is 0 Å². The van der Waals surface area contributed by atoms with E-state index >= 15 is 0 Å². The summed E-state index contributed by atoms with van der Waals surface area (Å²) in [5.41, 5.74) is 19.7. The van der Waals surface area contributed by atoms with Gasteiger partial charge in [0.25, 0.3) is 0 Å². The molecule has 5 aromatic heterocycles. The molecule has 0 radical (unpaired) electrons. The van der Waals surface area contributed by atoms with Crippen LogP contribution in [-0.4, -0.2) is 33.2 Å². The number of aromatic nitrogens is 7. The summed E-state index contributed by atoms with van der Waals surface area (Å²) < 4.78 is 9.64. The highest BCUT2D eigenvalue weighted by molar-refractivity contribution is 6.21. The molecule has 18 rings (SSSR count). The minimum atomic E-state index is 0.548. The Hall–Kier alpha value is -12.4. The van der Waals surface area contributed by atoms with Crippen LogP contribution in [-0.2, 0) is 0 Å². The number of hydrogen-bond donors (Lipinski definition) is 0. The molecule has 18 aromatic rings. The van der Waals surface area contributed by atoms with Crippen LogP contribution in [0.15, 0.2) is 303 Å². The molecule has 0 aliphatic carbocycles. The SMILES string of the molecule is [C-]#[N+]c1ccccc1-c1cc(-c2cc(-c3nc(-c4ccccc4)nc(-c4ccccc4)n3)ccc2-n2c3ccccc3c3cc4c5ccccc5n(-c5ccccc5)c4cc32)ccc1-n1c2ccccc2c2cc3c4ccccc4n(-c4ccccc4)c3cc21. The van der Waals surface area contributed by atoms with Crippen molar-refractivity contribution in [2.45, 2.75) is 0 Å². The summed E-state index contributed by atoms with van der Waals surface area (Å²) in [6, 6.07) is 108. The zero-order valence-electron chi connectivity index (χ0n) is 48.4. The van der Waals surface area contributed by atoms with Gasteiger partial charge in [0, 0.05) is 76.7 Å². The predicted octanol–water partition coefficient (Wildman–Crippen LogP) is 21.1. The standard InChI is InChI=1S/C82H50N8/c1-83-69-37-19-14-32-58(69)64-46-54(42-44-75(64)90-73-41-23-18-36-62(73)68-49-66-60-34-16-21-39-71(60)88(77(66)51-79(68)90)57-30-12-5-13-31-57)63-47-55(82-85-80(52-24-6-2-7-25-52)84-81(86-82)53-26-8-3-9-27-53)43-45-74(63)89-72-40-22-17-35-61(72)67-48-65-59-33-15-20-38-70(59)87(76(65)50-78(67)89)56-28-10-4-11-29-56/h2-51H. The molecule has 0 bridgehead atoms. The van der Waals surface area contributed by atoms with Crippen LogP contribution in [0, 0.1) is 6.57 Å². The molecule has 0 aliphatic heterocycles. The fourth-order valence-electron chi connectivity index (χ4n) is 14.0. The van der Waals surface area contributed by atoms with Crippen molar-refractivity contribution in [2.24, 2.45) is 0 Å². The van der Waals surface area contributed by atoms with Crippen LogP contribution in [0.3, 0.4) is 0 Å². The Balaban J connectivity index is 0.941. The fraction of sp³-hybridized carbons (Fsp3) is 0. The lowest BCUT2D eigenvalue weighted by molar-refractivity contribution is 1.07. The number of nitrogens with zero attached hydrogens (tertiary/aromatic N) is 8. The van der Waals surface area contributed by atoms with Crippen LogP contribution >= 0.6 is 0 Å². The summed E-state index contributed by atoms with van der Waals surface area (Å²) in [6.45, 7) is 8.73. The van der Waals surface area contributed by atoms with Crippen molar-refractivity contribution < 1.29 is 0 Å². The molecular formula is C82H50N8. The molecule has 0 fully saturated rings. The predicted molar refractivity (Wildman–Crippen MR) is 371 cm³/mol. The molecule has 13 aromatic carbocycles. The average Bonchev–Trinajstić information content (AvgIpc) is 1.57. The first-order valence-electron chi connectivity index (χ1n) is 30.3. The van der Waals surface area contributed by atoms with Crippen molar-refractivity contribution in [1.29, 1.82) is 0 Å². The molecule has 418 valence electrons. The van der Waals surface area contributed by atoms with E-state index in [-0.39, 0.29) is 0 Å². The van der Waals surface area contributed by atoms with Crippen LogP contribution in [0.2, 0.25) is 0 Å². The highest BCUT2D eigenvalue weighted by Gasteiger charge is 2.25. The molecule has 0 amide bonds. The van der Waals surface area contributed by atoms with Crippen molar-refractivity contribution >= 4 is 92.9 Å². The summed E-state index contributed by atoms with van der Waals surface area (Å²) >= 11 is 0. The van der Waals surface area contributed by atoms with Gasteiger partial charge in [-0.2, -0.15) is 0 Å². The summed E-state index contributed by atoms with van der Waals surface area (Å²) in [7, 11) is 0. The van der Waals surface area contributed by atoms with Gasteiger partial charge in [-0.25, -0.2) is 19.8 Å². The Morgan fingerprint density at radius 3 is 1.03 bits per heavy atom. The van der Waals surface area contributed by atoms with Crippen molar-refractivity contribution in [2.75, 3.05) is 0 Å². The largest absolute Gasteiger partial charge is 0.309 e. The summed E-state index contributed by atoms with van der Waals surface area (Å²) in [6.07, 6.45) is 0. The third-order valence-corrected chi connectivity index (χ3v) is 18.0. The third-order valence-electron chi connectivity index (χ3n) is 18.0. The van der Waals surface area contributed by atoms with E-state index in [2.05, 4.69) is 248 Å². The molecular weight excluding hydrogens is 1100 g/mol. The van der Waals surface area contributed by atoms with Crippen molar-refractivity contribution in [1.82, 2.24) is 33.2 Å². The monoisotopic (exact) mass is 1150 g/mol. The molecule has 90 heavy (non-hydrogen) atoms. The Morgan fingerprint density at radius 2 is 0.578 bits per heavy atom. The number of benzene rings is 13. The number of fused-ring (bicyclic) bond motifs is 12. The number of para-hydroxylation sites is 7. The molecule has 0 saturated heterocycles. The highest BCUT2D eigenvalue weighted by Crippen LogP contribution is 2.47. The van der Waals surface area contributed by atoms with Gasteiger partial charge in [0.1, 0.15) is 0 Å². The molecule has 8 heteroatoms. The molecule has 5 heterocycles. The fourth-order valence-corrected chi connectivity index (χ4v) is 14.0. The Morgan fingerprint density at radius 1 is 0.233 bits per heavy atom. The van der Waals surface area contributed by atoms with Gasteiger partial charge in [-0.05, 0) is 120 Å². The van der Waals surface area contributed by atoms with Gasteiger partial charge in [-0.15, -0.1) is 0 Å². The van der Waals surface area contributed by atoms with Crippen molar-refractivity contribution in [3.8, 4) is 79.2 Å². The normalized spacial score (nSPS) is 11.8. The zero-order valence-corrected chi connectivity index (χ0v) is 48.4. The summed E-state index contributed by atoms with van der Waals surface area (Å²) in [5, 5.41) is 9.34. The van der Waals surface area contributed by atoms with Crippen LogP contribution < -0.4 is 0 Å². The lowest BCUT2D eigenvalue weighted by Gasteiger charge is -2.20. The van der Waals surface area contributed by atoms with Crippen LogP contribution in [0.4, 0.5) is 5.69 Å². The molecule has 0 N–H and O–H groups in total. The second-order valence-electron chi connectivity index (χ2n) is 23.0. The maximum atomic E-state index is 8.73. The number of hydrogen-bond acceptors (Lipinski definition) is 3. The molecule has 0 atom stereocenters. The van der Waals surface area contributed by atoms with Gasteiger partial charge in [0.15, 0.2) is 23.2 Å². The van der Waals surface area contributed by atoms with Gasteiger partial charge in [0.2, 0.25) is 0 Å². The van der Waals surface area contributed by atoms with Gasteiger partial charge < -0.3 is 18.3 Å². The average molecular weight is 1150 g/mol. The first-order valence-corrected chi connectivity index (χ1v) is 30.3. The quantitative estimate of drug-likeness (QED) is 0.135. The van der Waals surface area contributed by atoms with Crippen LogP contribution in [0.25, 0.3) is 171 Å². The van der Waals surface area contributed by atoms with Gasteiger partial charge in [-0.3, -0.25) is 0 Å². The van der Waals surface area contributed by atoms with Gasteiger partial charge in [0.05, 0.1) is 62.1 Å². The topological polar surface area (TPSA) is 62.8 Å². The number of rotatable bonds is 9. The van der Waals surface area contributed by atoms with E-state index in [0.717, 1.165) is 127 Å². The van der Waals surface area contributed by atoms with Crippen LogP contribution in [0.5, 0.6) is 0 Å². The molecule has 0 aliphatic rings. The van der Waals surface area contributed by atoms with Gasteiger partial charge in [-0.1, -0.05) is 200 Å². The maximum Gasteiger partial charge on any atom is 0.194 e. The second kappa shape index (κ2) is 20.3. The third kappa shape index (κ3) is 7.90. The first-order chi connectivity index (χ1) is 44.6. The van der Waals surface area contributed by atoms with E-state index in [0.29, 0.717) is 23.2 Å².